The van der Waals surface area contributed by atoms with Crippen LogP contribution < -0.4 is 5.73 Å². The van der Waals surface area contributed by atoms with Gasteiger partial charge >= 0.3 is 0 Å². The summed E-state index contributed by atoms with van der Waals surface area (Å²) in [6.45, 7) is 0. The van der Waals surface area contributed by atoms with Gasteiger partial charge in [-0.15, -0.1) is 11.8 Å². The van der Waals surface area contributed by atoms with Gasteiger partial charge in [0.25, 0.3) is 0 Å². The van der Waals surface area contributed by atoms with Crippen molar-refractivity contribution in [3.8, 4) is 0 Å². The standard InChI is InChI=1S/C17H20N2S/c18-17(19)15-9-10-16(14-8-4-3-7-13(14)15)20-11-12-5-1-2-6-12/h3-4,7-10,12H,1-2,5-6,11H2,(H3,18,19). The SMILES string of the molecule is N=C(N)c1ccc(SCC2CCCC2)c2ccccc12. The lowest BCUT2D eigenvalue weighted by Crippen LogP contribution is -2.11. The maximum atomic E-state index is 7.70. The zero-order valence-electron chi connectivity index (χ0n) is 11.6. The third-order valence-electron chi connectivity index (χ3n) is 4.12. The average molecular weight is 284 g/mol. The number of hydrogen-bond donors (Lipinski definition) is 2. The van der Waals surface area contributed by atoms with Crippen LogP contribution in [0.2, 0.25) is 0 Å². The third-order valence-corrected chi connectivity index (χ3v) is 5.43. The Bertz CT molecular complexity index is 630. The maximum Gasteiger partial charge on any atom is 0.123 e. The van der Waals surface area contributed by atoms with Gasteiger partial charge in [0, 0.05) is 16.2 Å². The first kappa shape index (κ1) is 13.5. The molecule has 20 heavy (non-hydrogen) atoms. The molecule has 3 N–H and O–H groups in total. The van der Waals surface area contributed by atoms with Gasteiger partial charge in [-0.1, -0.05) is 37.1 Å². The molecule has 1 saturated carbocycles. The molecule has 0 saturated heterocycles. The molecule has 3 heteroatoms. The Balaban J connectivity index is 1.91. The molecule has 1 aliphatic carbocycles. The highest BCUT2D eigenvalue weighted by Gasteiger charge is 2.16. The first-order chi connectivity index (χ1) is 9.75. The van der Waals surface area contributed by atoms with Crippen molar-refractivity contribution < 1.29 is 0 Å². The molecule has 0 bridgehead atoms. The van der Waals surface area contributed by atoms with E-state index in [2.05, 4.69) is 24.3 Å². The first-order valence-electron chi connectivity index (χ1n) is 7.24. The molecule has 0 spiro atoms. The summed E-state index contributed by atoms with van der Waals surface area (Å²) in [4.78, 5) is 1.32. The summed E-state index contributed by atoms with van der Waals surface area (Å²) in [5, 5.41) is 10.0. The fourth-order valence-electron chi connectivity index (χ4n) is 3.02. The monoisotopic (exact) mass is 284 g/mol. The molecule has 104 valence electrons. The zero-order valence-corrected chi connectivity index (χ0v) is 12.4. The van der Waals surface area contributed by atoms with Crippen molar-refractivity contribution in [2.45, 2.75) is 30.6 Å². The van der Waals surface area contributed by atoms with Crippen LogP contribution in [0.5, 0.6) is 0 Å². The van der Waals surface area contributed by atoms with E-state index >= 15 is 0 Å². The largest absolute Gasteiger partial charge is 0.384 e. The highest BCUT2D eigenvalue weighted by atomic mass is 32.2. The molecule has 0 heterocycles. The van der Waals surface area contributed by atoms with Crippen LogP contribution in [0.15, 0.2) is 41.3 Å². The van der Waals surface area contributed by atoms with E-state index in [4.69, 9.17) is 11.1 Å². The van der Waals surface area contributed by atoms with E-state index in [1.165, 1.54) is 41.7 Å². The van der Waals surface area contributed by atoms with Crippen LogP contribution in [0.1, 0.15) is 31.2 Å². The number of rotatable bonds is 4. The molecule has 0 atom stereocenters. The highest BCUT2D eigenvalue weighted by Crippen LogP contribution is 2.35. The summed E-state index contributed by atoms with van der Waals surface area (Å²) in [6.07, 6.45) is 5.57. The number of fused-ring (bicyclic) bond motifs is 1. The van der Waals surface area contributed by atoms with E-state index in [1.54, 1.807) is 0 Å². The molecule has 1 aliphatic rings. The van der Waals surface area contributed by atoms with Gasteiger partial charge in [0.1, 0.15) is 5.84 Å². The highest BCUT2D eigenvalue weighted by molar-refractivity contribution is 7.99. The third kappa shape index (κ3) is 2.68. The topological polar surface area (TPSA) is 49.9 Å². The van der Waals surface area contributed by atoms with Crippen LogP contribution in [0.4, 0.5) is 0 Å². The van der Waals surface area contributed by atoms with E-state index < -0.39 is 0 Å². The van der Waals surface area contributed by atoms with Crippen molar-refractivity contribution in [2.75, 3.05) is 5.75 Å². The summed E-state index contributed by atoms with van der Waals surface area (Å²) in [7, 11) is 0. The van der Waals surface area contributed by atoms with Crippen LogP contribution in [-0.4, -0.2) is 11.6 Å². The van der Waals surface area contributed by atoms with Crippen molar-refractivity contribution >= 4 is 28.4 Å². The minimum Gasteiger partial charge on any atom is -0.384 e. The smallest absolute Gasteiger partial charge is 0.123 e. The molecule has 0 unspecified atom stereocenters. The van der Waals surface area contributed by atoms with Gasteiger partial charge in [0.05, 0.1) is 0 Å². The van der Waals surface area contributed by atoms with Crippen LogP contribution in [0.25, 0.3) is 10.8 Å². The summed E-state index contributed by atoms with van der Waals surface area (Å²) in [6, 6.07) is 12.4. The average Bonchev–Trinajstić information content (AvgIpc) is 2.97. The van der Waals surface area contributed by atoms with Crippen LogP contribution in [0, 0.1) is 11.3 Å². The summed E-state index contributed by atoms with van der Waals surface area (Å²) in [5.41, 5.74) is 6.52. The van der Waals surface area contributed by atoms with Crippen LogP contribution in [-0.2, 0) is 0 Å². The Hall–Kier alpha value is -1.48. The number of nitrogens with one attached hydrogen (secondary N) is 1. The molecule has 2 nitrogen and oxygen atoms in total. The number of hydrogen-bond acceptors (Lipinski definition) is 2. The second-order valence-electron chi connectivity index (χ2n) is 5.53. The minimum absolute atomic E-state index is 0.147. The fraction of sp³-hybridized carbons (Fsp3) is 0.353. The molecular formula is C17H20N2S. The quantitative estimate of drug-likeness (QED) is 0.496. The van der Waals surface area contributed by atoms with Gasteiger partial charge in [0.2, 0.25) is 0 Å². The molecular weight excluding hydrogens is 264 g/mol. The van der Waals surface area contributed by atoms with Crippen molar-refractivity contribution in [1.82, 2.24) is 0 Å². The van der Waals surface area contributed by atoms with Crippen molar-refractivity contribution in [3.63, 3.8) is 0 Å². The molecule has 0 radical (unpaired) electrons. The predicted molar refractivity (Wildman–Crippen MR) is 87.6 cm³/mol. The predicted octanol–water partition coefficient (Wildman–Crippen LogP) is 4.41. The van der Waals surface area contributed by atoms with E-state index in [0.29, 0.717) is 0 Å². The van der Waals surface area contributed by atoms with Gasteiger partial charge in [-0.3, -0.25) is 5.41 Å². The van der Waals surface area contributed by atoms with Gasteiger partial charge in [-0.25, -0.2) is 0 Å². The Morgan fingerprint density at radius 1 is 1.10 bits per heavy atom. The minimum atomic E-state index is 0.147. The lowest BCUT2D eigenvalue weighted by molar-refractivity contribution is 0.623. The number of nitrogen functional groups attached to an aromatic ring is 1. The Kier molecular flexibility index (Phi) is 3.97. The lowest BCUT2D eigenvalue weighted by Gasteiger charge is -2.12. The van der Waals surface area contributed by atoms with Gasteiger partial charge in [0.15, 0.2) is 0 Å². The second-order valence-corrected chi connectivity index (χ2v) is 6.59. The van der Waals surface area contributed by atoms with Gasteiger partial charge in [-0.05, 0) is 41.7 Å². The normalized spacial score (nSPS) is 15.8. The van der Waals surface area contributed by atoms with Crippen molar-refractivity contribution in [1.29, 1.82) is 5.41 Å². The molecule has 0 aromatic heterocycles. The number of benzene rings is 2. The second kappa shape index (κ2) is 5.88. The molecule has 1 fully saturated rings. The number of amidine groups is 1. The van der Waals surface area contributed by atoms with Crippen molar-refractivity contribution in [3.05, 3.63) is 42.0 Å². The Labute approximate surface area is 124 Å². The maximum absolute atomic E-state index is 7.70. The molecule has 2 aromatic rings. The summed E-state index contributed by atoms with van der Waals surface area (Å²) < 4.78 is 0. The molecule has 3 rings (SSSR count). The van der Waals surface area contributed by atoms with Crippen LogP contribution >= 0.6 is 11.8 Å². The van der Waals surface area contributed by atoms with Gasteiger partial charge < -0.3 is 5.73 Å². The lowest BCUT2D eigenvalue weighted by atomic mass is 10.0. The van der Waals surface area contributed by atoms with E-state index in [-0.39, 0.29) is 5.84 Å². The molecule has 0 amide bonds. The van der Waals surface area contributed by atoms with E-state index in [9.17, 15) is 0 Å². The Morgan fingerprint density at radius 2 is 1.80 bits per heavy atom. The number of nitrogens with two attached hydrogens (primary N) is 1. The van der Waals surface area contributed by atoms with E-state index in [0.717, 1.165) is 16.9 Å². The Morgan fingerprint density at radius 3 is 2.50 bits per heavy atom. The molecule has 2 aromatic carbocycles. The zero-order chi connectivity index (χ0) is 13.9. The summed E-state index contributed by atoms with van der Waals surface area (Å²) in [5.74, 6) is 2.24. The number of thioether (sulfide) groups is 1. The van der Waals surface area contributed by atoms with Crippen LogP contribution in [0.3, 0.4) is 0 Å². The molecule has 0 aliphatic heterocycles. The van der Waals surface area contributed by atoms with Crippen molar-refractivity contribution in [2.24, 2.45) is 11.7 Å². The fourth-order valence-corrected chi connectivity index (χ4v) is 4.26. The first-order valence-corrected chi connectivity index (χ1v) is 8.23. The van der Waals surface area contributed by atoms with E-state index in [1.807, 2.05) is 23.9 Å². The van der Waals surface area contributed by atoms with Gasteiger partial charge in [-0.2, -0.15) is 0 Å². The summed E-state index contributed by atoms with van der Waals surface area (Å²) >= 11 is 1.96.